The van der Waals surface area contributed by atoms with Gasteiger partial charge >= 0.3 is 36.1 Å². The lowest BCUT2D eigenvalue weighted by Gasteiger charge is -2.36. The summed E-state index contributed by atoms with van der Waals surface area (Å²) in [5, 5.41) is 31.7. The van der Waals surface area contributed by atoms with Crippen molar-refractivity contribution in [3.8, 4) is 46.0 Å². The van der Waals surface area contributed by atoms with E-state index in [2.05, 4.69) is 63.8 Å². The Balaban J connectivity index is 0.000000463. The number of phenols is 1. The van der Waals surface area contributed by atoms with Crippen LogP contribution in [-0.4, -0.2) is 197 Å². The number of halogens is 1. The molecule has 4 heterocycles. The van der Waals surface area contributed by atoms with Crippen molar-refractivity contribution >= 4 is 115 Å². The Morgan fingerprint density at radius 1 is 0.489 bits per heavy atom. The first kappa shape index (κ1) is 117. The minimum Gasteiger partial charge on any atom is -0.508 e. The molecule has 6 aliphatic rings. The zero-order valence-electron chi connectivity index (χ0n) is 80.8. The molecule has 34 heteroatoms. The predicted octanol–water partition coefficient (Wildman–Crippen LogP) is 16.2. The monoisotopic (exact) mass is 1940 g/mol. The molecule has 0 aromatic heterocycles. The number of aromatic hydroxyl groups is 1. The normalized spacial score (nSPS) is 19.1. The lowest BCUT2D eigenvalue weighted by Crippen LogP contribution is -2.48. The molecule has 2 amide bonds. The molecule has 12 rings (SSSR count). The van der Waals surface area contributed by atoms with Gasteiger partial charge in [0.25, 0.3) is 5.97 Å². The van der Waals surface area contributed by atoms with Crippen LogP contribution in [0.4, 0.5) is 9.59 Å². The van der Waals surface area contributed by atoms with Gasteiger partial charge in [-0.25, -0.2) is 28.8 Å². The van der Waals surface area contributed by atoms with Crippen LogP contribution < -0.4 is 49.5 Å². The molecule has 133 heavy (non-hydrogen) atoms. The van der Waals surface area contributed by atoms with Gasteiger partial charge in [0, 0.05) is 63.2 Å². The van der Waals surface area contributed by atoms with E-state index in [4.69, 9.17) is 72.5 Å². The molecule has 2 spiro atoms. The highest BCUT2D eigenvalue weighted by Crippen LogP contribution is 2.58. The van der Waals surface area contributed by atoms with Crippen molar-refractivity contribution in [1.29, 1.82) is 0 Å². The van der Waals surface area contributed by atoms with Gasteiger partial charge in [0.1, 0.15) is 99.1 Å². The minimum absolute atomic E-state index is 0. The molecule has 7 N–H and O–H groups in total. The second-order valence-electron chi connectivity index (χ2n) is 38.9. The standard InChI is InChI=1S/C35H46N2O7.C27H30N2O7.C18H25NO4.C17H27NO3.C2H4O2.ClH.4H2S/c1-33(2,3)43-24-12-9-22(10-13-24)19-26(31(38)44-34(4,5)6)36-32(39)41-25-15-16-35-17-18-37(7)21-23-11-14-27(40-8)30(29(23)35)42-28(35)20-25;1-29-12-11-27-10-9-19(14-22(27)36-24-21(34-2)8-5-17(15-29)23(24)27)35-26(33)28-20(25(31)32)13-16-3-6-18(30)7-4-16;1-17(2,3)22-14-9-7-13(8-10-14)11-15(19-12-20)16(21)23-18(4,5)6;1-16(2,3)20-13-9-7-12(8-10-13)11-14(18)15(19)21-17(4,5)6;1-2(3)4;;;;;/h9-16,25-26,28H,17-21H2,1-8H3,(H,36,39);3-10,19-20,22,30H,11-15H2,1-2H3,(H,28,33)(H,31,32);7-10,15H,11H2,1-6H3;7-10,14H,11,18H2,1-6H3;1H3,(H,3,4);1H;4*1H2/t25-,26+,28-,35-;19-,20+,22-,27-;;;;;;;;/m00......../s1. The third-order valence-corrected chi connectivity index (χ3v) is 20.7. The maximum atomic E-state index is 13.3. The van der Waals surface area contributed by atoms with E-state index in [1.54, 1.807) is 67.9 Å². The van der Waals surface area contributed by atoms with Gasteiger partial charge in [-0.2, -0.15) is 59.0 Å². The van der Waals surface area contributed by atoms with Gasteiger partial charge in [0.2, 0.25) is 6.08 Å². The van der Waals surface area contributed by atoms with Crippen molar-refractivity contribution in [3.05, 3.63) is 190 Å². The first-order chi connectivity index (χ1) is 59.6. The number of alkyl carbamates (subject to hydrolysis) is 2. The molecular weight excluding hydrogens is 1800 g/mol. The topological polar surface area (TPSA) is 377 Å². The van der Waals surface area contributed by atoms with E-state index in [1.807, 2.05) is 180 Å². The predicted molar refractivity (Wildman–Crippen MR) is 533 cm³/mol. The van der Waals surface area contributed by atoms with E-state index in [-0.39, 0.29) is 137 Å². The summed E-state index contributed by atoms with van der Waals surface area (Å²) in [6, 6.07) is 33.1. The number of methoxy groups -OCH3 is 2. The number of nitrogens with one attached hydrogen (secondary N) is 2. The average Bonchev–Trinajstić information content (AvgIpc) is 1.56. The third-order valence-electron chi connectivity index (χ3n) is 20.7. The molecule has 0 radical (unpaired) electrons. The van der Waals surface area contributed by atoms with Crippen LogP contribution in [0.25, 0.3) is 0 Å². The van der Waals surface area contributed by atoms with Crippen LogP contribution in [0.15, 0.2) is 151 Å². The molecule has 736 valence electrons. The number of amides is 2. The smallest absolute Gasteiger partial charge is 0.408 e. The maximum absolute atomic E-state index is 13.3. The largest absolute Gasteiger partial charge is 0.508 e. The number of benzene rings is 6. The zero-order valence-corrected chi connectivity index (χ0v) is 85.6. The lowest BCUT2D eigenvalue weighted by atomic mass is 9.69. The average molecular weight is 1950 g/mol. The van der Waals surface area contributed by atoms with Gasteiger partial charge in [-0.3, -0.25) is 9.59 Å². The number of carbonyl (C=O) groups excluding carboxylic acids is 6. The Hall–Kier alpha value is -9.96. The summed E-state index contributed by atoms with van der Waals surface area (Å²) >= 11 is 0. The molecule has 0 saturated heterocycles. The third kappa shape index (κ3) is 36.0. The van der Waals surface area contributed by atoms with E-state index < -0.39 is 89.2 Å². The number of carboxylic acid groups (broad SMARTS) is 2. The summed E-state index contributed by atoms with van der Waals surface area (Å²) in [6.45, 7) is 38.6. The van der Waals surface area contributed by atoms with Crippen molar-refractivity contribution in [3.63, 3.8) is 0 Å². The van der Waals surface area contributed by atoms with Crippen molar-refractivity contribution in [2.75, 3.05) is 41.4 Å². The first-order valence-electron chi connectivity index (χ1n) is 43.1. The molecule has 6 aromatic carbocycles. The Labute approximate surface area is 817 Å². The SMILES string of the molecule is CC(=O)O.CC(C)(C)OC(=O)C(Cc1ccc(OC(C)(C)C)cc1)N=C=O.CC(C)(C)OC(=O)C(N)Cc1ccc(OC(C)(C)C)cc1.COc1ccc2c3c1O[C@H]1C[C@@H](OC(=O)N[C@H](Cc4ccc(O)cc4)C(=O)O)C=C[C@@]31CCN(C)C2.COc1ccc2c3c1O[C@H]1C[C@@H](OC(=O)N[C@H](Cc4ccc(OC(C)(C)C)cc4)C(=O)OC(C)(C)C)C=C[C@@]31CCN(C)C2.Cl.S.S.S.S. The van der Waals surface area contributed by atoms with Gasteiger partial charge in [-0.1, -0.05) is 72.8 Å². The number of rotatable bonds is 22. The van der Waals surface area contributed by atoms with Crippen LogP contribution in [0.1, 0.15) is 202 Å². The van der Waals surface area contributed by atoms with Gasteiger partial charge in [0.15, 0.2) is 29.0 Å². The highest BCUT2D eigenvalue weighted by molar-refractivity contribution is 7.59. The van der Waals surface area contributed by atoms with Gasteiger partial charge < -0.3 is 98.3 Å². The van der Waals surface area contributed by atoms with Crippen LogP contribution in [0.2, 0.25) is 0 Å². The number of isocyanates is 1. The number of carbonyl (C=O) groups is 7. The number of hydrogen-bond donors (Lipinski definition) is 6. The number of aliphatic carboxylic acids is 2. The highest BCUT2D eigenvalue weighted by Gasteiger charge is 2.55. The molecule has 10 atom stereocenters. The molecule has 2 aliphatic carbocycles. The summed E-state index contributed by atoms with van der Waals surface area (Å²) in [5.41, 5.74) is 10.7. The van der Waals surface area contributed by atoms with Gasteiger partial charge in [-0.05, 0) is 277 Å². The Morgan fingerprint density at radius 3 is 1.17 bits per heavy atom. The van der Waals surface area contributed by atoms with E-state index in [0.717, 1.165) is 96.9 Å². The van der Waals surface area contributed by atoms with E-state index in [0.29, 0.717) is 36.3 Å². The summed E-state index contributed by atoms with van der Waals surface area (Å²) < 4.78 is 69.4. The fourth-order valence-electron chi connectivity index (χ4n) is 15.5. The Morgan fingerprint density at radius 2 is 0.820 bits per heavy atom. The molecule has 2 unspecified atom stereocenters. The molecule has 0 bridgehead atoms. The quantitative estimate of drug-likeness (QED) is 0.0121. The second kappa shape index (κ2) is 50.0. The minimum atomic E-state index is -1.17. The van der Waals surface area contributed by atoms with Crippen molar-refractivity contribution in [2.24, 2.45) is 10.7 Å². The Kier molecular flexibility index (Phi) is 44.1. The molecule has 0 fully saturated rings. The maximum Gasteiger partial charge on any atom is 0.408 e. The van der Waals surface area contributed by atoms with Crippen LogP contribution in [0.5, 0.6) is 46.0 Å². The first-order valence-corrected chi connectivity index (χ1v) is 43.1. The van der Waals surface area contributed by atoms with Crippen LogP contribution in [-0.2, 0) is 102 Å². The van der Waals surface area contributed by atoms with E-state index in [9.17, 15) is 43.8 Å². The molecule has 4 aliphatic heterocycles. The summed E-state index contributed by atoms with van der Waals surface area (Å²) in [6.07, 6.45) is 10.2. The zero-order chi connectivity index (χ0) is 94.8. The van der Waals surface area contributed by atoms with Crippen LogP contribution in [0.3, 0.4) is 0 Å². The van der Waals surface area contributed by atoms with Crippen LogP contribution in [0, 0.1) is 0 Å². The van der Waals surface area contributed by atoms with E-state index >= 15 is 0 Å². The van der Waals surface area contributed by atoms with E-state index in [1.165, 1.54) is 34.9 Å². The highest BCUT2D eigenvalue weighted by atomic mass is 35.5. The summed E-state index contributed by atoms with van der Waals surface area (Å²) in [5.74, 6) is 1.85. The fraction of sp³-hybridized carbons (Fsp3) is 0.515. The lowest BCUT2D eigenvalue weighted by molar-refractivity contribution is -0.158. The summed E-state index contributed by atoms with van der Waals surface area (Å²) in [4.78, 5) is 103. The number of nitrogens with zero attached hydrogens (tertiary/aromatic N) is 3. The number of phenolic OH excluding ortho intramolecular Hbond substituents is 1. The van der Waals surface area contributed by atoms with Gasteiger partial charge in [-0.15, -0.1) is 12.4 Å². The molecule has 0 saturated carbocycles. The second-order valence-corrected chi connectivity index (χ2v) is 38.9. The number of esters is 3. The van der Waals surface area contributed by atoms with Crippen molar-refractivity contribution in [2.45, 2.75) is 289 Å². The van der Waals surface area contributed by atoms with Gasteiger partial charge in [0.05, 0.1) is 25.0 Å². The summed E-state index contributed by atoms with van der Waals surface area (Å²) in [7, 11) is 7.51. The number of carboxylic acids is 2. The van der Waals surface area contributed by atoms with Crippen molar-refractivity contribution in [1.82, 2.24) is 20.4 Å². The fourth-order valence-corrected chi connectivity index (χ4v) is 15.5. The van der Waals surface area contributed by atoms with Crippen molar-refractivity contribution < 1.29 is 111 Å². The van der Waals surface area contributed by atoms with Crippen LogP contribution >= 0.6 is 66.4 Å². The number of ether oxygens (including phenoxy) is 12. The number of hydrogen-bond acceptors (Lipinski definition) is 25. The molecular formula is C99H141ClN6O23S4. The number of nitrogens with two attached hydrogens (primary N) is 1. The number of aliphatic imine (C=N–C) groups is 1. The molecule has 6 aromatic rings. The Bertz CT molecular complexity index is 4940. The molecule has 29 nitrogen and oxygen atoms in total.